The number of nitrogens with zero attached hydrogens (tertiary/aromatic N) is 2. The van der Waals surface area contributed by atoms with Crippen molar-refractivity contribution < 1.29 is 28.6 Å². The number of nitrogens with one attached hydrogen (secondary N) is 1. The fourth-order valence-electron chi connectivity index (χ4n) is 4.32. The highest BCUT2D eigenvalue weighted by molar-refractivity contribution is 6.06. The number of methoxy groups -OCH3 is 2. The number of benzene rings is 2. The molecule has 0 aromatic heterocycles. The summed E-state index contributed by atoms with van der Waals surface area (Å²) in [5.41, 5.74) is 1.21. The Morgan fingerprint density at radius 3 is 2.47 bits per heavy atom. The van der Waals surface area contributed by atoms with Gasteiger partial charge < -0.3 is 29.3 Å². The molecule has 2 aromatic carbocycles. The number of carbonyl (C=O) groups is 3. The average Bonchev–Trinajstić information content (AvgIpc) is 2.87. The highest BCUT2D eigenvalue weighted by Crippen LogP contribution is 2.28. The Bertz CT molecular complexity index is 1100. The third-order valence-electron chi connectivity index (χ3n) is 6.46. The molecule has 0 saturated carbocycles. The van der Waals surface area contributed by atoms with E-state index in [0.717, 1.165) is 0 Å². The molecule has 194 valence electrons. The van der Waals surface area contributed by atoms with Crippen molar-refractivity contribution in [1.82, 2.24) is 9.80 Å². The van der Waals surface area contributed by atoms with Crippen molar-refractivity contribution in [1.29, 1.82) is 0 Å². The maximum atomic E-state index is 13.3. The smallest absolute Gasteiger partial charge is 0.259 e. The summed E-state index contributed by atoms with van der Waals surface area (Å²) >= 11 is 0. The van der Waals surface area contributed by atoms with E-state index in [-0.39, 0.29) is 42.4 Å². The number of carbonyl (C=O) groups excluding carboxylic acids is 3. The van der Waals surface area contributed by atoms with Crippen LogP contribution in [0.4, 0.5) is 5.69 Å². The number of ether oxygens (including phenoxy) is 3. The van der Waals surface area contributed by atoms with Crippen LogP contribution in [-0.2, 0) is 9.53 Å². The van der Waals surface area contributed by atoms with Crippen LogP contribution >= 0.6 is 0 Å². The van der Waals surface area contributed by atoms with Crippen LogP contribution in [0.15, 0.2) is 42.5 Å². The zero-order valence-electron chi connectivity index (χ0n) is 21.7. The van der Waals surface area contributed by atoms with Gasteiger partial charge in [-0.15, -0.1) is 0 Å². The van der Waals surface area contributed by atoms with Gasteiger partial charge in [0, 0.05) is 51.8 Å². The average molecular weight is 498 g/mol. The molecule has 0 unspecified atom stereocenters. The van der Waals surface area contributed by atoms with Crippen LogP contribution < -0.4 is 14.8 Å². The summed E-state index contributed by atoms with van der Waals surface area (Å²) < 4.78 is 17.1. The number of rotatable bonds is 4. The van der Waals surface area contributed by atoms with Gasteiger partial charge in [0.2, 0.25) is 5.91 Å². The van der Waals surface area contributed by atoms with E-state index in [9.17, 15) is 14.4 Å². The van der Waals surface area contributed by atoms with Gasteiger partial charge in [-0.3, -0.25) is 14.4 Å². The van der Waals surface area contributed by atoms with E-state index in [2.05, 4.69) is 5.32 Å². The standard InChI is InChI=1S/C27H35N3O6/c1-17-14-30(19(3)31)18(2)16-36-24-13-20(28-26(32)21-9-7-8-10-23(21)34-5)11-12-22(24)27(33)29(4)15-25(17)35-6/h7-13,17-18,25H,14-16H2,1-6H3,(H,28,32)/t17-,18+,25-/m1/s1. The highest BCUT2D eigenvalue weighted by Gasteiger charge is 2.29. The van der Waals surface area contributed by atoms with E-state index < -0.39 is 0 Å². The van der Waals surface area contributed by atoms with Crippen molar-refractivity contribution in [3.05, 3.63) is 53.6 Å². The summed E-state index contributed by atoms with van der Waals surface area (Å²) in [5, 5.41) is 2.85. The largest absolute Gasteiger partial charge is 0.496 e. The normalized spacial score (nSPS) is 20.9. The third kappa shape index (κ3) is 6.15. The molecule has 3 amide bonds. The molecule has 9 nitrogen and oxygen atoms in total. The van der Waals surface area contributed by atoms with Gasteiger partial charge in [0.15, 0.2) is 0 Å². The lowest BCUT2D eigenvalue weighted by atomic mass is 10.0. The van der Waals surface area contributed by atoms with Crippen LogP contribution in [0.2, 0.25) is 0 Å². The van der Waals surface area contributed by atoms with Gasteiger partial charge >= 0.3 is 0 Å². The molecule has 0 bridgehead atoms. The van der Waals surface area contributed by atoms with Crippen LogP contribution in [0.5, 0.6) is 11.5 Å². The van der Waals surface area contributed by atoms with E-state index in [1.807, 2.05) is 13.8 Å². The summed E-state index contributed by atoms with van der Waals surface area (Å²) in [7, 11) is 4.82. The van der Waals surface area contributed by atoms with Gasteiger partial charge in [-0.25, -0.2) is 0 Å². The maximum absolute atomic E-state index is 13.3. The van der Waals surface area contributed by atoms with Crippen molar-refractivity contribution >= 4 is 23.4 Å². The molecule has 0 spiro atoms. The van der Waals surface area contributed by atoms with Gasteiger partial charge in [0.25, 0.3) is 11.8 Å². The quantitative estimate of drug-likeness (QED) is 0.696. The number of fused-ring (bicyclic) bond motifs is 1. The molecule has 9 heteroatoms. The molecule has 1 heterocycles. The second kappa shape index (κ2) is 11.9. The summed E-state index contributed by atoms with van der Waals surface area (Å²) in [6.07, 6.45) is -0.254. The second-order valence-corrected chi connectivity index (χ2v) is 9.13. The van der Waals surface area contributed by atoms with Crippen molar-refractivity contribution in [2.45, 2.75) is 32.9 Å². The summed E-state index contributed by atoms with van der Waals surface area (Å²) in [6.45, 7) is 6.45. The first-order valence-corrected chi connectivity index (χ1v) is 11.9. The minimum Gasteiger partial charge on any atom is -0.496 e. The minimum absolute atomic E-state index is 0.00284. The number of likely N-dealkylation sites (N-methyl/N-ethyl adjacent to an activating group) is 1. The monoisotopic (exact) mass is 497 g/mol. The predicted molar refractivity (Wildman–Crippen MR) is 137 cm³/mol. The van der Waals surface area contributed by atoms with E-state index in [1.54, 1.807) is 66.4 Å². The topological polar surface area (TPSA) is 97.4 Å². The van der Waals surface area contributed by atoms with Crippen molar-refractivity contribution in [3.63, 3.8) is 0 Å². The molecule has 0 fully saturated rings. The number of hydrogen-bond acceptors (Lipinski definition) is 6. The molecular formula is C27H35N3O6. The molecule has 36 heavy (non-hydrogen) atoms. The number of para-hydroxylation sites is 1. The fourth-order valence-corrected chi connectivity index (χ4v) is 4.32. The molecule has 1 aliphatic heterocycles. The second-order valence-electron chi connectivity index (χ2n) is 9.13. The first-order chi connectivity index (χ1) is 17.2. The highest BCUT2D eigenvalue weighted by atomic mass is 16.5. The van der Waals surface area contributed by atoms with E-state index in [4.69, 9.17) is 14.2 Å². The molecule has 0 aliphatic carbocycles. The van der Waals surface area contributed by atoms with Gasteiger partial charge in [-0.05, 0) is 31.2 Å². The number of amides is 3. The van der Waals surface area contributed by atoms with Crippen LogP contribution in [-0.4, -0.2) is 80.6 Å². The molecule has 1 N–H and O–H groups in total. The van der Waals surface area contributed by atoms with Crippen LogP contribution in [0, 0.1) is 5.92 Å². The Balaban J connectivity index is 1.95. The lowest BCUT2D eigenvalue weighted by molar-refractivity contribution is -0.133. The first kappa shape index (κ1) is 27.0. The van der Waals surface area contributed by atoms with Crippen LogP contribution in [0.3, 0.4) is 0 Å². The summed E-state index contributed by atoms with van der Waals surface area (Å²) in [5.74, 6) is 0.142. The predicted octanol–water partition coefficient (Wildman–Crippen LogP) is 3.30. The van der Waals surface area contributed by atoms with E-state index in [1.165, 1.54) is 14.0 Å². The molecule has 3 rings (SSSR count). The summed E-state index contributed by atoms with van der Waals surface area (Å²) in [6, 6.07) is 11.6. The Labute approximate surface area is 212 Å². The SMILES string of the molecule is COc1ccccc1C(=O)Nc1ccc2c(c1)OC[C@H](C)N(C(C)=O)C[C@@H](C)[C@H](OC)CN(C)C2=O. The lowest BCUT2D eigenvalue weighted by Gasteiger charge is -2.35. The zero-order chi connectivity index (χ0) is 26.4. The molecule has 0 radical (unpaired) electrons. The fraction of sp³-hybridized carbons (Fsp3) is 0.444. The van der Waals surface area contributed by atoms with Crippen molar-refractivity contribution in [3.8, 4) is 11.5 Å². The Morgan fingerprint density at radius 2 is 1.81 bits per heavy atom. The Hall–Kier alpha value is -3.59. The third-order valence-corrected chi connectivity index (χ3v) is 6.46. The minimum atomic E-state index is -0.350. The van der Waals surface area contributed by atoms with E-state index in [0.29, 0.717) is 41.4 Å². The lowest BCUT2D eigenvalue weighted by Crippen LogP contribution is -2.48. The van der Waals surface area contributed by atoms with E-state index >= 15 is 0 Å². The van der Waals surface area contributed by atoms with Gasteiger partial charge in [-0.2, -0.15) is 0 Å². The molecule has 3 atom stereocenters. The first-order valence-electron chi connectivity index (χ1n) is 11.9. The van der Waals surface area contributed by atoms with Gasteiger partial charge in [0.1, 0.15) is 18.1 Å². The van der Waals surface area contributed by atoms with Crippen LogP contribution in [0.1, 0.15) is 41.5 Å². The molecule has 1 aliphatic rings. The zero-order valence-corrected chi connectivity index (χ0v) is 21.7. The molecule has 2 aromatic rings. The van der Waals surface area contributed by atoms with Crippen molar-refractivity contribution in [2.24, 2.45) is 5.92 Å². The molecule has 0 saturated heterocycles. The van der Waals surface area contributed by atoms with Gasteiger partial charge in [-0.1, -0.05) is 19.1 Å². The summed E-state index contributed by atoms with van der Waals surface area (Å²) in [4.78, 5) is 42.0. The molecular weight excluding hydrogens is 462 g/mol. The van der Waals surface area contributed by atoms with Gasteiger partial charge in [0.05, 0.1) is 30.4 Å². The number of hydrogen-bond donors (Lipinski definition) is 1. The van der Waals surface area contributed by atoms with Crippen molar-refractivity contribution in [2.75, 3.05) is 46.3 Å². The number of anilines is 1. The Kier molecular flexibility index (Phi) is 8.93. The Morgan fingerprint density at radius 1 is 1.08 bits per heavy atom. The maximum Gasteiger partial charge on any atom is 0.259 e. The van der Waals surface area contributed by atoms with Crippen LogP contribution in [0.25, 0.3) is 0 Å².